The monoisotopic (exact) mass is 341 g/mol. The summed E-state index contributed by atoms with van der Waals surface area (Å²) in [4.78, 5) is 14.4. The molecule has 0 unspecified atom stereocenters. The lowest BCUT2D eigenvalue weighted by Crippen LogP contribution is -2.47. The Kier molecular flexibility index (Phi) is 5.60. The van der Waals surface area contributed by atoms with E-state index in [0.717, 1.165) is 31.4 Å². The number of hydrogen-bond acceptors (Lipinski definition) is 4. The summed E-state index contributed by atoms with van der Waals surface area (Å²) in [7, 11) is 0. The van der Waals surface area contributed by atoms with Crippen molar-refractivity contribution in [3.05, 3.63) is 29.8 Å². The maximum atomic E-state index is 12.7. The van der Waals surface area contributed by atoms with E-state index in [4.69, 9.17) is 4.74 Å². The Morgan fingerprint density at radius 1 is 1.36 bits per heavy atom. The van der Waals surface area contributed by atoms with E-state index < -0.39 is 0 Å². The summed E-state index contributed by atoms with van der Waals surface area (Å²) in [6.07, 6.45) is 3.46. The Hall–Kier alpha value is -2.06. The molecule has 2 heterocycles. The van der Waals surface area contributed by atoms with Crippen LogP contribution in [0, 0.1) is 11.3 Å². The molecule has 2 aliphatic rings. The van der Waals surface area contributed by atoms with Gasteiger partial charge in [-0.2, -0.15) is 5.26 Å². The smallest absolute Gasteiger partial charge is 0.240 e. The molecule has 3 rings (SSSR count). The number of amides is 1. The Bertz CT molecular complexity index is 653. The molecule has 5 heteroatoms. The van der Waals surface area contributed by atoms with Crippen molar-refractivity contribution in [3.8, 4) is 11.8 Å². The summed E-state index contributed by atoms with van der Waals surface area (Å²) in [6.45, 7) is 5.59. The van der Waals surface area contributed by atoms with Crippen LogP contribution >= 0.6 is 0 Å². The van der Waals surface area contributed by atoms with Crippen LogP contribution in [0.4, 0.5) is 0 Å². The van der Waals surface area contributed by atoms with Crippen LogP contribution in [-0.2, 0) is 4.79 Å². The molecule has 0 aromatic heterocycles. The van der Waals surface area contributed by atoms with Crippen LogP contribution in [0.25, 0.3) is 0 Å². The van der Waals surface area contributed by atoms with Crippen LogP contribution in [0.1, 0.15) is 51.0 Å². The first-order valence-corrected chi connectivity index (χ1v) is 9.28. The summed E-state index contributed by atoms with van der Waals surface area (Å²) < 4.78 is 6.04. The van der Waals surface area contributed by atoms with Gasteiger partial charge >= 0.3 is 0 Å². The first-order valence-electron chi connectivity index (χ1n) is 9.28. The van der Waals surface area contributed by atoms with Gasteiger partial charge in [-0.25, -0.2) is 0 Å². The zero-order valence-corrected chi connectivity index (χ0v) is 15.1. The average molecular weight is 341 g/mol. The molecule has 0 bridgehead atoms. The van der Waals surface area contributed by atoms with Gasteiger partial charge in [0.15, 0.2) is 0 Å². The summed E-state index contributed by atoms with van der Waals surface area (Å²) in [5.74, 6) is 1.42. The highest BCUT2D eigenvalue weighted by molar-refractivity contribution is 5.83. The maximum absolute atomic E-state index is 12.7. The molecular formula is C20H27N3O2. The molecule has 1 aromatic rings. The second-order valence-corrected chi connectivity index (χ2v) is 7.32. The van der Waals surface area contributed by atoms with E-state index >= 15 is 0 Å². The van der Waals surface area contributed by atoms with E-state index in [-0.39, 0.29) is 24.0 Å². The van der Waals surface area contributed by atoms with Gasteiger partial charge in [0.1, 0.15) is 18.4 Å². The summed E-state index contributed by atoms with van der Waals surface area (Å²) >= 11 is 0. The second-order valence-electron chi connectivity index (χ2n) is 7.32. The fourth-order valence-corrected chi connectivity index (χ4v) is 3.79. The van der Waals surface area contributed by atoms with Crippen LogP contribution in [-0.4, -0.2) is 42.1 Å². The molecule has 2 aliphatic heterocycles. The molecule has 5 nitrogen and oxygen atoms in total. The van der Waals surface area contributed by atoms with E-state index in [9.17, 15) is 10.1 Å². The molecule has 1 aromatic carbocycles. The molecule has 25 heavy (non-hydrogen) atoms. The molecule has 134 valence electrons. The topological polar surface area (TPSA) is 65.4 Å². The zero-order chi connectivity index (χ0) is 17.8. The summed E-state index contributed by atoms with van der Waals surface area (Å²) in [6, 6.07) is 10.1. The van der Waals surface area contributed by atoms with Gasteiger partial charge in [0.25, 0.3) is 0 Å². The highest BCUT2D eigenvalue weighted by atomic mass is 16.5. The van der Waals surface area contributed by atoms with Crippen molar-refractivity contribution in [2.24, 2.45) is 0 Å². The number of carbonyl (C=O) groups is 1. The Balaban J connectivity index is 1.54. The molecule has 0 saturated carbocycles. The van der Waals surface area contributed by atoms with Crippen molar-refractivity contribution in [1.29, 1.82) is 5.26 Å². The molecule has 2 fully saturated rings. The summed E-state index contributed by atoms with van der Waals surface area (Å²) in [5.41, 5.74) is 1.21. The third kappa shape index (κ3) is 3.96. The molecule has 3 atom stereocenters. The minimum Gasteiger partial charge on any atom is -0.492 e. The van der Waals surface area contributed by atoms with Gasteiger partial charge in [-0.1, -0.05) is 32.0 Å². The number of likely N-dealkylation sites (tertiary alicyclic amines) is 1. The predicted octanol–water partition coefficient (Wildman–Crippen LogP) is 2.82. The number of carbonyl (C=O) groups excluding carboxylic acids is 1. The van der Waals surface area contributed by atoms with Crippen LogP contribution in [0.2, 0.25) is 0 Å². The van der Waals surface area contributed by atoms with Gasteiger partial charge in [0.2, 0.25) is 5.91 Å². The minimum absolute atomic E-state index is 0.0779. The van der Waals surface area contributed by atoms with E-state index in [1.165, 1.54) is 5.56 Å². The highest BCUT2D eigenvalue weighted by Gasteiger charge is 2.36. The molecule has 0 radical (unpaired) electrons. The van der Waals surface area contributed by atoms with Gasteiger partial charge in [0, 0.05) is 12.6 Å². The third-order valence-electron chi connectivity index (χ3n) is 5.20. The number of benzene rings is 1. The summed E-state index contributed by atoms with van der Waals surface area (Å²) in [5, 5.41) is 12.6. The predicted molar refractivity (Wildman–Crippen MR) is 96.3 cm³/mol. The van der Waals surface area contributed by atoms with E-state index in [2.05, 4.69) is 31.3 Å². The van der Waals surface area contributed by atoms with Crippen molar-refractivity contribution in [1.82, 2.24) is 10.2 Å². The number of hydrogen-bond donors (Lipinski definition) is 1. The molecule has 2 saturated heterocycles. The number of para-hydroxylation sites is 1. The lowest BCUT2D eigenvalue weighted by atomic mass is 10.0. The number of nitrogens with zero attached hydrogens (tertiary/aromatic N) is 2. The van der Waals surface area contributed by atoms with Crippen LogP contribution < -0.4 is 10.1 Å². The molecule has 0 aliphatic carbocycles. The van der Waals surface area contributed by atoms with Gasteiger partial charge in [-0.05, 0) is 43.2 Å². The van der Waals surface area contributed by atoms with Crippen molar-refractivity contribution in [2.45, 2.75) is 63.6 Å². The Morgan fingerprint density at radius 3 is 2.92 bits per heavy atom. The first kappa shape index (κ1) is 17.8. The van der Waals surface area contributed by atoms with Gasteiger partial charge in [-0.15, -0.1) is 0 Å². The lowest BCUT2D eigenvalue weighted by molar-refractivity contribution is -0.133. The highest BCUT2D eigenvalue weighted by Crippen LogP contribution is 2.27. The van der Waals surface area contributed by atoms with Crippen molar-refractivity contribution in [3.63, 3.8) is 0 Å². The molecular weight excluding hydrogens is 314 g/mol. The van der Waals surface area contributed by atoms with Crippen LogP contribution in [0.3, 0.4) is 0 Å². The zero-order valence-electron chi connectivity index (χ0n) is 15.1. The molecule has 1 amide bonds. The van der Waals surface area contributed by atoms with Crippen molar-refractivity contribution >= 4 is 5.91 Å². The van der Waals surface area contributed by atoms with Crippen LogP contribution in [0.15, 0.2) is 24.3 Å². The number of nitrogens with one attached hydrogen (secondary N) is 1. The largest absolute Gasteiger partial charge is 0.492 e. The average Bonchev–Trinajstić information content (AvgIpc) is 3.28. The lowest BCUT2D eigenvalue weighted by Gasteiger charge is -2.24. The second kappa shape index (κ2) is 7.88. The normalized spacial score (nSPS) is 26.0. The minimum atomic E-state index is -0.248. The van der Waals surface area contributed by atoms with E-state index in [1.54, 1.807) is 4.90 Å². The van der Waals surface area contributed by atoms with Crippen LogP contribution in [0.5, 0.6) is 5.75 Å². The number of rotatable bonds is 5. The van der Waals surface area contributed by atoms with Crippen molar-refractivity contribution < 1.29 is 9.53 Å². The van der Waals surface area contributed by atoms with Crippen molar-refractivity contribution in [2.75, 3.05) is 13.2 Å². The number of ether oxygens (including phenoxy) is 1. The Labute approximate surface area is 150 Å². The van der Waals surface area contributed by atoms with Gasteiger partial charge in [-0.3, -0.25) is 10.1 Å². The maximum Gasteiger partial charge on any atom is 0.240 e. The van der Waals surface area contributed by atoms with E-state index in [1.807, 2.05) is 18.2 Å². The Morgan fingerprint density at radius 2 is 2.16 bits per heavy atom. The third-order valence-corrected chi connectivity index (χ3v) is 5.20. The SMILES string of the molecule is CC(C)c1ccccc1OC[C@H]1CC[C@@H](C(=O)N2CCC[C@H]2C#N)N1. The fourth-order valence-electron chi connectivity index (χ4n) is 3.79. The van der Waals surface area contributed by atoms with Gasteiger partial charge < -0.3 is 9.64 Å². The fraction of sp³-hybridized carbons (Fsp3) is 0.600. The van der Waals surface area contributed by atoms with Gasteiger partial charge in [0.05, 0.1) is 12.1 Å². The quantitative estimate of drug-likeness (QED) is 0.894. The van der Waals surface area contributed by atoms with E-state index in [0.29, 0.717) is 19.1 Å². The molecule has 1 N–H and O–H groups in total. The first-order chi connectivity index (χ1) is 12.1. The molecule has 0 spiro atoms. The number of nitriles is 1. The standard InChI is InChI=1S/C20H27N3O2/c1-14(2)17-7-3-4-8-19(17)25-13-15-9-10-18(22-15)20(24)23-11-5-6-16(23)12-21/h3-4,7-8,14-16,18,22H,5-6,9-11,13H2,1-2H3/t15-,16+,18+/m1/s1.